The van der Waals surface area contributed by atoms with E-state index < -0.39 is 5.54 Å². The number of carbonyl (C=O) groups excluding carboxylic acids is 3. The largest absolute Gasteiger partial charge is 0.277 e. The third kappa shape index (κ3) is 6.96. The fourth-order valence-corrected chi connectivity index (χ4v) is 3.38. The van der Waals surface area contributed by atoms with Gasteiger partial charge in [0.05, 0.1) is 0 Å². The molecule has 0 aliphatic carbocycles. The first-order valence-corrected chi connectivity index (χ1v) is 9.02. The number of hydrogen-bond acceptors (Lipinski definition) is 4. The van der Waals surface area contributed by atoms with Crippen molar-refractivity contribution in [3.63, 3.8) is 0 Å². The summed E-state index contributed by atoms with van der Waals surface area (Å²) in [6, 6.07) is 0. The Hall–Kier alpha value is -1.72. The van der Waals surface area contributed by atoms with Crippen molar-refractivity contribution < 1.29 is 14.4 Å². The summed E-state index contributed by atoms with van der Waals surface area (Å²) >= 11 is 0. The summed E-state index contributed by atoms with van der Waals surface area (Å²) < 4.78 is 0. The second-order valence-electron chi connectivity index (χ2n) is 8.10. The first-order valence-electron chi connectivity index (χ1n) is 9.02. The molecular formula is C19H35N3O3. The van der Waals surface area contributed by atoms with Gasteiger partial charge in [-0.2, -0.15) is 5.10 Å². The molecule has 0 radical (unpaired) electrons. The van der Waals surface area contributed by atoms with Crippen LogP contribution in [0, 0.1) is 11.3 Å². The Balaban J connectivity index is 0.00000277. The first kappa shape index (κ1) is 23.3. The van der Waals surface area contributed by atoms with Crippen LogP contribution in [0.5, 0.6) is 0 Å². The van der Waals surface area contributed by atoms with Crippen molar-refractivity contribution >= 4 is 23.4 Å². The SMILES string of the molecule is CC.CC(C)=NNC(=O)CC(C)(C)CC(C)(C)N1C(=O)CC(C)C1=O. The second kappa shape index (κ2) is 9.11. The third-order valence-corrected chi connectivity index (χ3v) is 3.93. The quantitative estimate of drug-likeness (QED) is 0.451. The summed E-state index contributed by atoms with van der Waals surface area (Å²) in [7, 11) is 0. The average Bonchev–Trinajstić information content (AvgIpc) is 2.70. The summed E-state index contributed by atoms with van der Waals surface area (Å²) in [5, 5.41) is 3.92. The lowest BCUT2D eigenvalue weighted by Crippen LogP contribution is -2.50. The van der Waals surface area contributed by atoms with Gasteiger partial charge in [-0.15, -0.1) is 0 Å². The molecule has 1 rings (SSSR count). The van der Waals surface area contributed by atoms with Crippen molar-refractivity contribution in [2.24, 2.45) is 16.4 Å². The number of likely N-dealkylation sites (tertiary alicyclic amines) is 1. The zero-order valence-electron chi connectivity index (χ0n) is 17.3. The Bertz CT molecular complexity index is 532. The molecule has 1 N–H and O–H groups in total. The van der Waals surface area contributed by atoms with Crippen LogP contribution in [0.15, 0.2) is 5.10 Å². The molecule has 0 spiro atoms. The molecule has 144 valence electrons. The van der Waals surface area contributed by atoms with Gasteiger partial charge in [0.1, 0.15) is 0 Å². The molecule has 0 saturated carbocycles. The highest BCUT2D eigenvalue weighted by molar-refractivity contribution is 6.04. The van der Waals surface area contributed by atoms with Crippen molar-refractivity contribution in [3.05, 3.63) is 0 Å². The molecular weight excluding hydrogens is 318 g/mol. The number of rotatable bonds is 6. The summed E-state index contributed by atoms with van der Waals surface area (Å²) in [6.07, 6.45) is 1.10. The van der Waals surface area contributed by atoms with Crippen molar-refractivity contribution in [2.45, 2.75) is 87.1 Å². The monoisotopic (exact) mass is 353 g/mol. The number of nitrogens with zero attached hydrogens (tertiary/aromatic N) is 2. The molecule has 25 heavy (non-hydrogen) atoms. The molecule has 1 aliphatic rings. The molecule has 0 aromatic rings. The van der Waals surface area contributed by atoms with Crippen LogP contribution in [0.2, 0.25) is 0 Å². The maximum absolute atomic E-state index is 12.3. The summed E-state index contributed by atoms with van der Waals surface area (Å²) in [5.74, 6) is -0.667. The van der Waals surface area contributed by atoms with Crippen molar-refractivity contribution in [1.29, 1.82) is 0 Å². The molecule has 1 atom stereocenters. The zero-order chi connectivity index (χ0) is 20.0. The molecule has 6 heteroatoms. The summed E-state index contributed by atoms with van der Waals surface area (Å²) in [5.41, 5.74) is 2.31. The molecule has 0 bridgehead atoms. The summed E-state index contributed by atoms with van der Waals surface area (Å²) in [6.45, 7) is 17.1. The lowest BCUT2D eigenvalue weighted by molar-refractivity contribution is -0.146. The van der Waals surface area contributed by atoms with E-state index in [2.05, 4.69) is 10.5 Å². The highest BCUT2D eigenvalue weighted by Crippen LogP contribution is 2.37. The van der Waals surface area contributed by atoms with Crippen LogP contribution in [-0.2, 0) is 14.4 Å². The average molecular weight is 354 g/mol. The number of imide groups is 1. The number of carbonyl (C=O) groups is 3. The van der Waals surface area contributed by atoms with Gasteiger partial charge in [0.25, 0.3) is 0 Å². The van der Waals surface area contributed by atoms with E-state index in [4.69, 9.17) is 0 Å². The molecule has 0 aromatic heterocycles. The van der Waals surface area contributed by atoms with Gasteiger partial charge in [-0.25, -0.2) is 5.43 Å². The van der Waals surface area contributed by atoms with Crippen molar-refractivity contribution in [1.82, 2.24) is 10.3 Å². The van der Waals surface area contributed by atoms with Crippen LogP contribution < -0.4 is 5.43 Å². The van der Waals surface area contributed by atoms with Gasteiger partial charge >= 0.3 is 0 Å². The molecule has 6 nitrogen and oxygen atoms in total. The van der Waals surface area contributed by atoms with Crippen LogP contribution in [-0.4, -0.2) is 33.9 Å². The number of hydrazone groups is 1. The number of hydrogen-bond donors (Lipinski definition) is 1. The Morgan fingerprint density at radius 1 is 1.20 bits per heavy atom. The van der Waals surface area contributed by atoms with Crippen LogP contribution in [0.25, 0.3) is 0 Å². The smallest absolute Gasteiger partial charge is 0.240 e. The second-order valence-corrected chi connectivity index (χ2v) is 8.10. The lowest BCUT2D eigenvalue weighted by atomic mass is 9.77. The molecule has 3 amide bonds. The van der Waals surface area contributed by atoms with E-state index in [0.29, 0.717) is 6.42 Å². The molecule has 1 unspecified atom stereocenters. The maximum Gasteiger partial charge on any atom is 0.240 e. The minimum Gasteiger partial charge on any atom is -0.277 e. The standard InChI is InChI=1S/C17H29N3O3.C2H6/c1-11(2)18-19-13(21)9-16(4,5)10-17(6,7)20-14(22)8-12(3)15(20)23;1-2/h12H,8-10H2,1-7H3,(H,19,21);1-2H3. The molecule has 1 saturated heterocycles. The highest BCUT2D eigenvalue weighted by atomic mass is 16.2. The van der Waals surface area contributed by atoms with E-state index in [1.807, 2.05) is 41.5 Å². The minimum atomic E-state index is -0.618. The predicted molar refractivity (Wildman–Crippen MR) is 101 cm³/mol. The Morgan fingerprint density at radius 3 is 2.12 bits per heavy atom. The number of nitrogens with one attached hydrogen (secondary N) is 1. The Morgan fingerprint density at radius 2 is 1.72 bits per heavy atom. The minimum absolute atomic E-state index is 0.119. The van der Waals surface area contributed by atoms with Crippen LogP contribution in [0.4, 0.5) is 0 Å². The van der Waals surface area contributed by atoms with Crippen molar-refractivity contribution in [3.8, 4) is 0 Å². The normalized spacial score (nSPS) is 17.8. The molecule has 1 aliphatic heterocycles. The predicted octanol–water partition coefficient (Wildman–Crippen LogP) is 3.50. The maximum atomic E-state index is 12.3. The van der Waals surface area contributed by atoms with E-state index in [1.54, 1.807) is 20.8 Å². The molecule has 1 fully saturated rings. The van der Waals surface area contributed by atoms with Crippen LogP contribution >= 0.6 is 0 Å². The zero-order valence-corrected chi connectivity index (χ0v) is 17.3. The van der Waals surface area contributed by atoms with E-state index in [0.717, 1.165) is 5.71 Å². The lowest BCUT2D eigenvalue weighted by Gasteiger charge is -2.40. The van der Waals surface area contributed by atoms with E-state index in [9.17, 15) is 14.4 Å². The van der Waals surface area contributed by atoms with Gasteiger partial charge in [0.15, 0.2) is 0 Å². The first-order chi connectivity index (χ1) is 11.4. The summed E-state index contributed by atoms with van der Waals surface area (Å²) in [4.78, 5) is 37.8. The van der Waals surface area contributed by atoms with E-state index in [1.165, 1.54) is 4.90 Å². The van der Waals surface area contributed by atoms with Crippen LogP contribution in [0.3, 0.4) is 0 Å². The van der Waals surface area contributed by atoms with Gasteiger partial charge in [-0.05, 0) is 39.5 Å². The topological polar surface area (TPSA) is 78.8 Å². The molecule has 1 heterocycles. The number of amides is 3. The fourth-order valence-electron chi connectivity index (χ4n) is 3.38. The third-order valence-electron chi connectivity index (χ3n) is 3.93. The molecule has 0 aromatic carbocycles. The van der Waals surface area contributed by atoms with Gasteiger partial charge in [-0.1, -0.05) is 34.6 Å². The Labute approximate surface area is 152 Å². The van der Waals surface area contributed by atoms with Crippen LogP contribution in [0.1, 0.15) is 81.6 Å². The van der Waals surface area contributed by atoms with Crippen molar-refractivity contribution in [2.75, 3.05) is 0 Å². The van der Waals surface area contributed by atoms with Gasteiger partial charge in [0.2, 0.25) is 17.7 Å². The fraction of sp³-hybridized carbons (Fsp3) is 0.789. The van der Waals surface area contributed by atoms with Gasteiger partial charge < -0.3 is 0 Å². The van der Waals surface area contributed by atoms with E-state index in [-0.39, 0.29) is 41.9 Å². The van der Waals surface area contributed by atoms with E-state index >= 15 is 0 Å². The van der Waals surface area contributed by atoms with Gasteiger partial charge in [-0.3, -0.25) is 19.3 Å². The van der Waals surface area contributed by atoms with Gasteiger partial charge in [0, 0.05) is 30.0 Å². The Kier molecular flexibility index (Phi) is 8.48. The highest BCUT2D eigenvalue weighted by Gasteiger charge is 2.46.